The van der Waals surface area contributed by atoms with E-state index in [4.69, 9.17) is 0 Å². The van der Waals surface area contributed by atoms with Crippen LogP contribution in [0, 0.1) is 3.57 Å². The van der Waals surface area contributed by atoms with E-state index in [0.29, 0.717) is 0 Å². The van der Waals surface area contributed by atoms with Gasteiger partial charge in [0.25, 0.3) is 0 Å². The SMILES string of the molecule is CCOC(=O)CCS(=O)(=O)Nc1ccc(I)cn1. The van der Waals surface area contributed by atoms with Gasteiger partial charge in [0.1, 0.15) is 5.82 Å². The third kappa shape index (κ3) is 5.63. The van der Waals surface area contributed by atoms with Crippen LogP contribution in [0.3, 0.4) is 0 Å². The number of aromatic nitrogens is 1. The maximum atomic E-state index is 11.6. The van der Waals surface area contributed by atoms with Gasteiger partial charge in [0.2, 0.25) is 10.0 Å². The number of nitrogens with one attached hydrogen (secondary N) is 1. The summed E-state index contributed by atoms with van der Waals surface area (Å²) >= 11 is 2.07. The molecule has 1 N–H and O–H groups in total. The van der Waals surface area contributed by atoms with Crippen LogP contribution in [0.15, 0.2) is 18.3 Å². The van der Waals surface area contributed by atoms with Crippen molar-refractivity contribution in [1.29, 1.82) is 0 Å². The lowest BCUT2D eigenvalue weighted by Crippen LogP contribution is -2.20. The second-order valence-electron chi connectivity index (χ2n) is 3.34. The lowest BCUT2D eigenvalue weighted by molar-refractivity contribution is -0.142. The van der Waals surface area contributed by atoms with Crippen LogP contribution in [0.4, 0.5) is 5.82 Å². The van der Waals surface area contributed by atoms with Gasteiger partial charge in [-0.15, -0.1) is 0 Å². The second kappa shape index (κ2) is 6.88. The van der Waals surface area contributed by atoms with Crippen LogP contribution in [0.2, 0.25) is 0 Å². The van der Waals surface area contributed by atoms with Gasteiger partial charge >= 0.3 is 5.97 Å². The van der Waals surface area contributed by atoms with Gasteiger partial charge < -0.3 is 4.74 Å². The first-order valence-corrected chi connectivity index (χ1v) is 7.93. The predicted octanol–water partition coefficient (Wildman–Crippen LogP) is 1.38. The van der Waals surface area contributed by atoms with Crippen LogP contribution in [-0.4, -0.2) is 31.7 Å². The van der Waals surface area contributed by atoms with E-state index in [2.05, 4.69) is 37.0 Å². The predicted molar refractivity (Wildman–Crippen MR) is 75.6 cm³/mol. The molecule has 0 spiro atoms. The largest absolute Gasteiger partial charge is 0.466 e. The molecule has 1 heterocycles. The molecule has 0 saturated carbocycles. The smallest absolute Gasteiger partial charge is 0.306 e. The van der Waals surface area contributed by atoms with E-state index >= 15 is 0 Å². The fourth-order valence-corrected chi connectivity index (χ4v) is 2.39. The molecule has 0 fully saturated rings. The third-order valence-electron chi connectivity index (χ3n) is 1.87. The van der Waals surface area contributed by atoms with Gasteiger partial charge in [0.15, 0.2) is 0 Å². The van der Waals surface area contributed by atoms with E-state index in [1.54, 1.807) is 25.3 Å². The fraction of sp³-hybridized carbons (Fsp3) is 0.400. The third-order valence-corrected chi connectivity index (χ3v) is 3.77. The van der Waals surface area contributed by atoms with E-state index in [9.17, 15) is 13.2 Å². The monoisotopic (exact) mass is 384 g/mol. The van der Waals surface area contributed by atoms with Crippen LogP contribution in [0.5, 0.6) is 0 Å². The molecule has 0 unspecified atom stereocenters. The minimum atomic E-state index is -3.58. The molecule has 0 aliphatic carbocycles. The Labute approximate surface area is 119 Å². The van der Waals surface area contributed by atoms with Crippen molar-refractivity contribution in [2.45, 2.75) is 13.3 Å². The summed E-state index contributed by atoms with van der Waals surface area (Å²) in [5.41, 5.74) is 0. The average Bonchev–Trinajstić information content (AvgIpc) is 2.30. The summed E-state index contributed by atoms with van der Waals surface area (Å²) in [5.74, 6) is -0.614. The number of carbonyl (C=O) groups is 1. The van der Waals surface area contributed by atoms with Gasteiger partial charge in [-0.05, 0) is 41.6 Å². The summed E-state index contributed by atoms with van der Waals surface area (Å²) in [5, 5.41) is 0. The van der Waals surface area contributed by atoms with Gasteiger partial charge in [0.05, 0.1) is 18.8 Å². The number of hydrogen-bond acceptors (Lipinski definition) is 5. The first-order valence-electron chi connectivity index (χ1n) is 5.20. The molecule has 18 heavy (non-hydrogen) atoms. The number of sulfonamides is 1. The Hall–Kier alpha value is -0.900. The van der Waals surface area contributed by atoms with E-state index in [-0.39, 0.29) is 24.6 Å². The van der Waals surface area contributed by atoms with Gasteiger partial charge in [-0.25, -0.2) is 13.4 Å². The number of ether oxygens (including phenoxy) is 1. The summed E-state index contributed by atoms with van der Waals surface area (Å²) in [6.45, 7) is 1.91. The standard InChI is InChI=1S/C10H13IN2O4S/c1-2-17-10(14)5-6-18(15,16)13-9-4-3-8(11)7-12-9/h3-4,7H,2,5-6H2,1H3,(H,12,13). The Morgan fingerprint density at radius 2 is 2.22 bits per heavy atom. The van der Waals surface area contributed by atoms with Gasteiger partial charge in [0, 0.05) is 9.77 Å². The first kappa shape index (κ1) is 15.2. The zero-order valence-electron chi connectivity index (χ0n) is 9.72. The summed E-state index contributed by atoms with van der Waals surface area (Å²) in [7, 11) is -3.58. The molecule has 0 aliphatic heterocycles. The molecular formula is C10H13IN2O4S. The number of hydrogen-bond donors (Lipinski definition) is 1. The number of rotatable bonds is 6. The highest BCUT2D eigenvalue weighted by Gasteiger charge is 2.14. The molecule has 6 nitrogen and oxygen atoms in total. The molecule has 0 atom stereocenters. The summed E-state index contributed by atoms with van der Waals surface area (Å²) in [6.07, 6.45) is 1.37. The summed E-state index contributed by atoms with van der Waals surface area (Å²) in [4.78, 5) is 15.0. The molecule has 0 radical (unpaired) electrons. The number of nitrogens with zero attached hydrogens (tertiary/aromatic N) is 1. The van der Waals surface area contributed by atoms with Crippen LogP contribution in [0.25, 0.3) is 0 Å². The zero-order valence-corrected chi connectivity index (χ0v) is 12.7. The number of esters is 1. The van der Waals surface area contributed by atoms with Crippen LogP contribution in [0.1, 0.15) is 13.3 Å². The van der Waals surface area contributed by atoms with Gasteiger partial charge in [-0.3, -0.25) is 9.52 Å². The van der Waals surface area contributed by atoms with Crippen LogP contribution in [-0.2, 0) is 19.6 Å². The Kier molecular flexibility index (Phi) is 5.79. The van der Waals surface area contributed by atoms with Gasteiger partial charge in [-0.1, -0.05) is 0 Å². The molecule has 8 heteroatoms. The number of carbonyl (C=O) groups excluding carboxylic acids is 1. The Bertz CT molecular complexity index is 501. The Morgan fingerprint density at radius 1 is 1.50 bits per heavy atom. The van der Waals surface area contributed by atoms with Crippen molar-refractivity contribution in [3.8, 4) is 0 Å². The molecule has 0 saturated heterocycles. The number of pyridine rings is 1. The minimum absolute atomic E-state index is 0.173. The molecule has 1 rings (SSSR count). The normalized spacial score (nSPS) is 11.0. The van der Waals surface area contributed by atoms with Crippen LogP contribution >= 0.6 is 22.6 Å². The topological polar surface area (TPSA) is 85.4 Å². The zero-order chi connectivity index (χ0) is 13.6. The second-order valence-corrected chi connectivity index (χ2v) is 6.43. The average molecular weight is 384 g/mol. The molecule has 1 aromatic heterocycles. The quantitative estimate of drug-likeness (QED) is 0.592. The van der Waals surface area contributed by atoms with E-state index in [1.165, 1.54) is 0 Å². The molecule has 0 aromatic carbocycles. The lowest BCUT2D eigenvalue weighted by Gasteiger charge is -2.06. The summed E-state index contributed by atoms with van der Waals surface area (Å²) < 4.78 is 31.1. The van der Waals surface area contributed by atoms with Crippen molar-refractivity contribution >= 4 is 44.4 Å². The van der Waals surface area contributed by atoms with Crippen molar-refractivity contribution in [2.75, 3.05) is 17.1 Å². The highest BCUT2D eigenvalue weighted by Crippen LogP contribution is 2.09. The number of anilines is 1. The van der Waals surface area contributed by atoms with Crippen LogP contribution < -0.4 is 4.72 Å². The molecule has 100 valence electrons. The molecule has 1 aromatic rings. The first-order chi connectivity index (χ1) is 8.43. The summed E-state index contributed by atoms with van der Waals surface area (Å²) in [6, 6.07) is 3.29. The van der Waals surface area contributed by atoms with E-state index in [1.807, 2.05) is 0 Å². The Balaban J connectivity index is 2.54. The van der Waals surface area contributed by atoms with Crippen molar-refractivity contribution in [3.63, 3.8) is 0 Å². The van der Waals surface area contributed by atoms with Crippen molar-refractivity contribution < 1.29 is 17.9 Å². The molecule has 0 bridgehead atoms. The minimum Gasteiger partial charge on any atom is -0.466 e. The molecule has 0 amide bonds. The van der Waals surface area contributed by atoms with E-state index in [0.717, 1.165) is 3.57 Å². The Morgan fingerprint density at radius 3 is 2.78 bits per heavy atom. The lowest BCUT2D eigenvalue weighted by atomic mass is 10.5. The van der Waals surface area contributed by atoms with Crippen molar-refractivity contribution in [1.82, 2.24) is 4.98 Å². The van der Waals surface area contributed by atoms with E-state index < -0.39 is 16.0 Å². The van der Waals surface area contributed by atoms with Gasteiger partial charge in [-0.2, -0.15) is 0 Å². The van der Waals surface area contributed by atoms with Crippen molar-refractivity contribution in [3.05, 3.63) is 21.9 Å². The maximum absolute atomic E-state index is 11.6. The number of halogens is 1. The molecular weight excluding hydrogens is 371 g/mol. The highest BCUT2D eigenvalue weighted by molar-refractivity contribution is 14.1. The maximum Gasteiger partial charge on any atom is 0.306 e. The molecule has 0 aliphatic rings. The highest BCUT2D eigenvalue weighted by atomic mass is 127. The van der Waals surface area contributed by atoms with Crippen molar-refractivity contribution in [2.24, 2.45) is 0 Å². The fourth-order valence-electron chi connectivity index (χ4n) is 1.10.